The lowest BCUT2D eigenvalue weighted by Gasteiger charge is -2.38. The molecule has 0 radical (unpaired) electrons. The summed E-state index contributed by atoms with van der Waals surface area (Å²) in [4.78, 5) is 22.8. The molecule has 5 nitrogen and oxygen atoms in total. The maximum absolute atomic E-state index is 12.6. The average Bonchev–Trinajstić information content (AvgIpc) is 2.87. The van der Waals surface area contributed by atoms with Crippen molar-refractivity contribution in [2.45, 2.75) is 58.3 Å². The van der Waals surface area contributed by atoms with Crippen LogP contribution in [0.1, 0.15) is 69.0 Å². The minimum Gasteiger partial charge on any atom is -0.317 e. The SMILES string of the molecule is CC.CC1C(=O)C(C#N)=CC2c3nc(C4CCNCC4)nc(-c4ccccc4)c3CCC12. The lowest BCUT2D eigenvalue weighted by atomic mass is 9.66. The molecule has 1 fully saturated rings. The Kier molecular flexibility index (Phi) is 6.81. The van der Waals surface area contributed by atoms with E-state index in [1.165, 1.54) is 5.56 Å². The Morgan fingerprint density at radius 2 is 1.78 bits per heavy atom. The molecular weight excluding hydrogens is 396 g/mol. The number of benzene rings is 1. The van der Waals surface area contributed by atoms with E-state index in [1.807, 2.05) is 32.9 Å². The Hall–Kier alpha value is -2.84. The Morgan fingerprint density at radius 3 is 2.47 bits per heavy atom. The van der Waals surface area contributed by atoms with Crippen LogP contribution < -0.4 is 5.32 Å². The molecule has 0 amide bonds. The number of Topliss-reactive ketones (excluding diaryl/α,β-unsaturated/α-hetero) is 1. The highest BCUT2D eigenvalue weighted by Gasteiger charge is 2.42. The van der Waals surface area contributed by atoms with Crippen molar-refractivity contribution in [1.82, 2.24) is 15.3 Å². The molecule has 2 heterocycles. The van der Waals surface area contributed by atoms with Crippen molar-refractivity contribution in [3.8, 4) is 17.3 Å². The lowest BCUT2D eigenvalue weighted by molar-refractivity contribution is -0.120. The molecule has 32 heavy (non-hydrogen) atoms. The second-order valence-electron chi connectivity index (χ2n) is 8.76. The predicted octanol–water partition coefficient (Wildman–Crippen LogP) is 4.95. The summed E-state index contributed by atoms with van der Waals surface area (Å²) in [6.07, 6.45) is 5.76. The number of carbonyl (C=O) groups excluding carboxylic acids is 1. The number of hydrogen-bond acceptors (Lipinski definition) is 5. The summed E-state index contributed by atoms with van der Waals surface area (Å²) in [5, 5.41) is 13.0. The van der Waals surface area contributed by atoms with Crippen LogP contribution in [0.5, 0.6) is 0 Å². The molecule has 166 valence electrons. The molecule has 2 aromatic rings. The fourth-order valence-corrected chi connectivity index (χ4v) is 5.39. The first kappa shape index (κ1) is 22.4. The summed E-state index contributed by atoms with van der Waals surface area (Å²) >= 11 is 0. The molecule has 1 saturated heterocycles. The zero-order valence-electron chi connectivity index (χ0n) is 19.3. The second-order valence-corrected chi connectivity index (χ2v) is 8.76. The first-order valence-electron chi connectivity index (χ1n) is 12.0. The fraction of sp³-hybridized carbons (Fsp3) is 0.481. The second kappa shape index (κ2) is 9.75. The zero-order valence-corrected chi connectivity index (χ0v) is 19.3. The topological polar surface area (TPSA) is 78.7 Å². The van der Waals surface area contributed by atoms with Gasteiger partial charge in [0.2, 0.25) is 0 Å². The minimum absolute atomic E-state index is 0.0156. The molecule has 5 rings (SSSR count). The number of nitriles is 1. The molecule has 5 heteroatoms. The van der Waals surface area contributed by atoms with Gasteiger partial charge < -0.3 is 5.32 Å². The summed E-state index contributed by atoms with van der Waals surface area (Å²) in [6, 6.07) is 12.5. The van der Waals surface area contributed by atoms with Crippen molar-refractivity contribution in [2.75, 3.05) is 13.1 Å². The van der Waals surface area contributed by atoms with Gasteiger partial charge in [-0.3, -0.25) is 4.79 Å². The monoisotopic (exact) mass is 428 g/mol. The van der Waals surface area contributed by atoms with Gasteiger partial charge in [-0.05, 0) is 44.7 Å². The summed E-state index contributed by atoms with van der Waals surface area (Å²) in [7, 11) is 0. The van der Waals surface area contributed by atoms with Crippen LogP contribution >= 0.6 is 0 Å². The van der Waals surface area contributed by atoms with Crippen LogP contribution in [-0.2, 0) is 11.2 Å². The number of piperidine rings is 1. The van der Waals surface area contributed by atoms with Crippen molar-refractivity contribution in [1.29, 1.82) is 5.26 Å². The molecule has 0 spiro atoms. The van der Waals surface area contributed by atoms with E-state index in [9.17, 15) is 10.1 Å². The average molecular weight is 429 g/mol. The van der Waals surface area contributed by atoms with Gasteiger partial charge >= 0.3 is 0 Å². The third-order valence-electron chi connectivity index (χ3n) is 7.10. The first-order valence-corrected chi connectivity index (χ1v) is 12.0. The highest BCUT2D eigenvalue weighted by molar-refractivity contribution is 6.01. The van der Waals surface area contributed by atoms with Gasteiger partial charge in [-0.1, -0.05) is 57.2 Å². The molecule has 3 aliphatic rings. The number of hydrogen-bond donors (Lipinski definition) is 1. The minimum atomic E-state index is -0.139. The standard InChI is InChI=1S/C25H26N4O.C2H6/c1-15-19-7-8-20-22(16-5-3-2-4-6-16)28-25(17-9-11-27-12-10-17)29-23(20)21(19)13-18(14-26)24(15)30;1-2/h2-6,13,15,17,19,21,27H,7-12H2,1H3;1-2H3. The van der Waals surface area contributed by atoms with E-state index in [-0.39, 0.29) is 23.5 Å². The van der Waals surface area contributed by atoms with E-state index in [2.05, 4.69) is 35.7 Å². The van der Waals surface area contributed by atoms with E-state index < -0.39 is 0 Å². The number of aromatic nitrogens is 2. The van der Waals surface area contributed by atoms with Crippen LogP contribution in [0.25, 0.3) is 11.3 Å². The maximum Gasteiger partial charge on any atom is 0.176 e. The van der Waals surface area contributed by atoms with Crippen LogP contribution in [0.3, 0.4) is 0 Å². The smallest absolute Gasteiger partial charge is 0.176 e. The molecule has 0 bridgehead atoms. The molecule has 3 atom stereocenters. The molecule has 1 N–H and O–H groups in total. The Morgan fingerprint density at radius 1 is 1.06 bits per heavy atom. The molecule has 1 aliphatic heterocycles. The van der Waals surface area contributed by atoms with Gasteiger partial charge in [0.25, 0.3) is 0 Å². The molecule has 1 aromatic heterocycles. The van der Waals surface area contributed by atoms with Crippen LogP contribution in [0.15, 0.2) is 42.0 Å². The van der Waals surface area contributed by atoms with Gasteiger partial charge in [0, 0.05) is 28.9 Å². The van der Waals surface area contributed by atoms with Crippen molar-refractivity contribution in [2.24, 2.45) is 11.8 Å². The van der Waals surface area contributed by atoms with Crippen molar-refractivity contribution in [3.05, 3.63) is 59.1 Å². The number of carbonyl (C=O) groups is 1. The van der Waals surface area contributed by atoms with Crippen molar-refractivity contribution >= 4 is 5.78 Å². The Labute approximate surface area is 191 Å². The van der Waals surface area contributed by atoms with Gasteiger partial charge in [0.1, 0.15) is 11.9 Å². The first-order chi connectivity index (χ1) is 15.7. The Balaban J connectivity index is 0.00000119. The van der Waals surface area contributed by atoms with Crippen molar-refractivity contribution in [3.63, 3.8) is 0 Å². The number of ketones is 1. The van der Waals surface area contributed by atoms with Gasteiger partial charge in [-0.15, -0.1) is 0 Å². The van der Waals surface area contributed by atoms with E-state index in [0.29, 0.717) is 11.5 Å². The molecule has 0 saturated carbocycles. The highest BCUT2D eigenvalue weighted by atomic mass is 16.1. The third-order valence-corrected chi connectivity index (χ3v) is 7.10. The number of nitrogens with one attached hydrogen (secondary N) is 1. The molecule has 1 aromatic carbocycles. The van der Waals surface area contributed by atoms with Gasteiger partial charge in [0.15, 0.2) is 5.78 Å². The number of fused-ring (bicyclic) bond motifs is 3. The van der Waals surface area contributed by atoms with Gasteiger partial charge in [-0.2, -0.15) is 5.26 Å². The number of allylic oxidation sites excluding steroid dienone is 2. The summed E-state index contributed by atoms with van der Waals surface area (Å²) in [6.45, 7) is 7.95. The summed E-state index contributed by atoms with van der Waals surface area (Å²) in [5.41, 5.74) is 4.68. The summed E-state index contributed by atoms with van der Waals surface area (Å²) < 4.78 is 0. The number of rotatable bonds is 2. The largest absolute Gasteiger partial charge is 0.317 e. The van der Waals surface area contributed by atoms with E-state index >= 15 is 0 Å². The summed E-state index contributed by atoms with van der Waals surface area (Å²) in [5.74, 6) is 1.34. The van der Waals surface area contributed by atoms with Crippen LogP contribution in [-0.4, -0.2) is 28.8 Å². The van der Waals surface area contributed by atoms with E-state index in [1.54, 1.807) is 0 Å². The van der Waals surface area contributed by atoms with Crippen LogP contribution in [0.2, 0.25) is 0 Å². The predicted molar refractivity (Wildman–Crippen MR) is 126 cm³/mol. The van der Waals surface area contributed by atoms with Gasteiger partial charge in [-0.25, -0.2) is 9.97 Å². The van der Waals surface area contributed by atoms with E-state index in [4.69, 9.17) is 9.97 Å². The maximum atomic E-state index is 12.6. The third kappa shape index (κ3) is 4.00. The number of nitrogens with zero attached hydrogens (tertiary/aromatic N) is 3. The van der Waals surface area contributed by atoms with Crippen LogP contribution in [0, 0.1) is 23.2 Å². The quantitative estimate of drug-likeness (QED) is 0.732. The molecular formula is C27H32N4O. The fourth-order valence-electron chi connectivity index (χ4n) is 5.39. The molecule has 3 unspecified atom stereocenters. The highest BCUT2D eigenvalue weighted by Crippen LogP contribution is 2.46. The normalized spacial score (nSPS) is 24.9. The zero-order chi connectivity index (χ0) is 22.7. The van der Waals surface area contributed by atoms with E-state index in [0.717, 1.165) is 61.5 Å². The Bertz CT molecular complexity index is 1050. The van der Waals surface area contributed by atoms with Crippen LogP contribution in [0.4, 0.5) is 0 Å². The lowest BCUT2D eigenvalue weighted by Crippen LogP contribution is -2.36. The molecule has 2 aliphatic carbocycles. The van der Waals surface area contributed by atoms with Crippen molar-refractivity contribution < 1.29 is 4.79 Å². The van der Waals surface area contributed by atoms with Gasteiger partial charge in [0.05, 0.1) is 17.0 Å².